The maximum Gasteiger partial charge on any atom is 0.127 e. The summed E-state index contributed by atoms with van der Waals surface area (Å²) in [6.07, 6.45) is 0.935. The molecule has 0 aliphatic carbocycles. The predicted octanol–water partition coefficient (Wildman–Crippen LogP) is 6.18. The molecule has 3 rings (SSSR count). The van der Waals surface area contributed by atoms with Gasteiger partial charge in [-0.2, -0.15) is 0 Å². The second kappa shape index (κ2) is 5.88. The van der Waals surface area contributed by atoms with Gasteiger partial charge in [0.25, 0.3) is 0 Å². The Hall–Kier alpha value is -0.220. The number of hydrogen-bond donors (Lipinski definition) is 0. The molecular weight excluding hydrogens is 427 g/mol. The molecule has 1 heterocycles. The summed E-state index contributed by atoms with van der Waals surface area (Å²) in [6, 6.07) is 9.81. The molecule has 20 heavy (non-hydrogen) atoms. The van der Waals surface area contributed by atoms with Crippen molar-refractivity contribution in [3.8, 4) is 5.75 Å². The van der Waals surface area contributed by atoms with Gasteiger partial charge < -0.3 is 4.74 Å². The SMILES string of the molecule is Clc1cccc(C(Br)c2cc(Br)cc3c2OCC3)c1Cl. The highest BCUT2D eigenvalue weighted by Gasteiger charge is 2.24. The first kappa shape index (κ1) is 14.7. The number of ether oxygens (including phenoxy) is 1. The van der Waals surface area contributed by atoms with Crippen molar-refractivity contribution in [1.82, 2.24) is 0 Å². The van der Waals surface area contributed by atoms with Gasteiger partial charge in [-0.15, -0.1) is 0 Å². The van der Waals surface area contributed by atoms with Crippen molar-refractivity contribution in [2.75, 3.05) is 6.61 Å². The third-order valence-corrected chi connectivity index (χ3v) is 5.58. The lowest BCUT2D eigenvalue weighted by Gasteiger charge is -2.17. The summed E-state index contributed by atoms with van der Waals surface area (Å²) in [4.78, 5) is -0.0574. The number of halogens is 4. The van der Waals surface area contributed by atoms with Crippen molar-refractivity contribution in [2.45, 2.75) is 11.2 Å². The Labute approximate surface area is 144 Å². The van der Waals surface area contributed by atoms with Crippen molar-refractivity contribution < 1.29 is 4.74 Å². The van der Waals surface area contributed by atoms with Crippen LogP contribution in [0, 0.1) is 0 Å². The zero-order chi connectivity index (χ0) is 14.3. The second-order valence-corrected chi connectivity index (χ2v) is 7.20. The average molecular weight is 437 g/mol. The number of alkyl halides is 1. The molecule has 1 nitrogen and oxygen atoms in total. The smallest absolute Gasteiger partial charge is 0.127 e. The fourth-order valence-electron chi connectivity index (χ4n) is 2.37. The second-order valence-electron chi connectivity index (χ2n) is 4.59. The minimum absolute atomic E-state index is 0.0574. The fourth-order valence-corrected chi connectivity index (χ4v) is 4.16. The van der Waals surface area contributed by atoms with E-state index in [2.05, 4.69) is 44.0 Å². The lowest BCUT2D eigenvalue weighted by atomic mass is 10.0. The van der Waals surface area contributed by atoms with E-state index in [0.717, 1.165) is 34.4 Å². The first-order valence-corrected chi connectivity index (χ1v) is 8.57. The van der Waals surface area contributed by atoms with Crippen LogP contribution in [0.15, 0.2) is 34.8 Å². The van der Waals surface area contributed by atoms with Crippen LogP contribution in [0.1, 0.15) is 21.5 Å². The van der Waals surface area contributed by atoms with Crippen LogP contribution >= 0.6 is 55.1 Å². The maximum atomic E-state index is 6.31. The molecule has 0 saturated heterocycles. The lowest BCUT2D eigenvalue weighted by Crippen LogP contribution is -1.98. The summed E-state index contributed by atoms with van der Waals surface area (Å²) in [5.41, 5.74) is 3.22. The molecule has 5 heteroatoms. The monoisotopic (exact) mass is 434 g/mol. The quantitative estimate of drug-likeness (QED) is 0.511. The molecule has 0 amide bonds. The molecule has 1 unspecified atom stereocenters. The highest BCUT2D eigenvalue weighted by Crippen LogP contribution is 2.45. The van der Waals surface area contributed by atoms with Gasteiger partial charge >= 0.3 is 0 Å². The van der Waals surface area contributed by atoms with Gasteiger partial charge in [-0.25, -0.2) is 0 Å². The standard InChI is InChI=1S/C15H10Br2Cl2O/c16-9-6-8-4-5-20-15(8)11(7-9)13(17)10-2-1-3-12(18)14(10)19/h1-3,6-7,13H,4-5H2. The van der Waals surface area contributed by atoms with E-state index in [9.17, 15) is 0 Å². The minimum atomic E-state index is -0.0574. The van der Waals surface area contributed by atoms with E-state index in [1.807, 2.05) is 12.1 Å². The molecule has 1 aliphatic heterocycles. The van der Waals surface area contributed by atoms with Gasteiger partial charge in [-0.3, -0.25) is 0 Å². The zero-order valence-electron chi connectivity index (χ0n) is 10.3. The molecular formula is C15H10Br2Cl2O. The molecule has 0 radical (unpaired) electrons. The van der Waals surface area contributed by atoms with Crippen LogP contribution < -0.4 is 4.74 Å². The summed E-state index contributed by atoms with van der Waals surface area (Å²) in [5, 5.41) is 1.13. The molecule has 1 atom stereocenters. The third kappa shape index (κ3) is 2.61. The van der Waals surface area contributed by atoms with Crippen LogP contribution in [0.25, 0.3) is 0 Å². The Morgan fingerprint density at radius 3 is 2.75 bits per heavy atom. The molecule has 2 aromatic carbocycles. The summed E-state index contributed by atoms with van der Waals surface area (Å²) >= 11 is 19.7. The topological polar surface area (TPSA) is 9.23 Å². The van der Waals surface area contributed by atoms with E-state index < -0.39 is 0 Å². The summed E-state index contributed by atoms with van der Waals surface area (Å²) < 4.78 is 6.81. The number of rotatable bonds is 2. The van der Waals surface area contributed by atoms with Crippen LogP contribution in [0.3, 0.4) is 0 Å². The van der Waals surface area contributed by atoms with Gasteiger partial charge in [0.2, 0.25) is 0 Å². The molecule has 0 N–H and O–H groups in total. The van der Waals surface area contributed by atoms with E-state index in [4.69, 9.17) is 27.9 Å². The van der Waals surface area contributed by atoms with Crippen molar-refractivity contribution in [2.24, 2.45) is 0 Å². The Kier molecular flexibility index (Phi) is 4.32. The Bertz CT molecular complexity index is 673. The summed E-state index contributed by atoms with van der Waals surface area (Å²) in [7, 11) is 0. The van der Waals surface area contributed by atoms with Crippen LogP contribution in [0.4, 0.5) is 0 Å². The van der Waals surface area contributed by atoms with Gasteiger partial charge in [0, 0.05) is 16.5 Å². The van der Waals surface area contributed by atoms with Crippen molar-refractivity contribution in [1.29, 1.82) is 0 Å². The first-order chi connectivity index (χ1) is 9.58. The van der Waals surface area contributed by atoms with Gasteiger partial charge in [-0.1, -0.05) is 67.2 Å². The number of fused-ring (bicyclic) bond motifs is 1. The Balaban J connectivity index is 2.11. The molecule has 104 valence electrons. The van der Waals surface area contributed by atoms with Crippen molar-refractivity contribution >= 4 is 55.1 Å². The van der Waals surface area contributed by atoms with E-state index in [1.165, 1.54) is 5.56 Å². The van der Waals surface area contributed by atoms with Crippen LogP contribution in [-0.4, -0.2) is 6.61 Å². The van der Waals surface area contributed by atoms with Gasteiger partial charge in [-0.05, 0) is 29.3 Å². The van der Waals surface area contributed by atoms with Crippen LogP contribution in [0.2, 0.25) is 10.0 Å². The van der Waals surface area contributed by atoms with Gasteiger partial charge in [0.05, 0.1) is 21.5 Å². The third-order valence-electron chi connectivity index (χ3n) is 3.30. The molecule has 0 aromatic heterocycles. The molecule has 0 saturated carbocycles. The average Bonchev–Trinajstić information content (AvgIpc) is 2.88. The van der Waals surface area contributed by atoms with Crippen LogP contribution in [0.5, 0.6) is 5.75 Å². The van der Waals surface area contributed by atoms with Gasteiger partial charge in [0.15, 0.2) is 0 Å². The van der Waals surface area contributed by atoms with Crippen molar-refractivity contribution in [3.63, 3.8) is 0 Å². The highest BCUT2D eigenvalue weighted by molar-refractivity contribution is 9.10. The van der Waals surface area contributed by atoms with E-state index in [1.54, 1.807) is 6.07 Å². The van der Waals surface area contributed by atoms with Crippen LogP contribution in [-0.2, 0) is 6.42 Å². The molecule has 1 aliphatic rings. The first-order valence-electron chi connectivity index (χ1n) is 6.11. The number of hydrogen-bond acceptors (Lipinski definition) is 1. The molecule has 0 bridgehead atoms. The lowest BCUT2D eigenvalue weighted by molar-refractivity contribution is 0.354. The number of benzene rings is 2. The molecule has 2 aromatic rings. The Morgan fingerprint density at radius 1 is 1.15 bits per heavy atom. The summed E-state index contributed by atoms with van der Waals surface area (Å²) in [6.45, 7) is 0.724. The maximum absolute atomic E-state index is 6.31. The normalized spacial score (nSPS) is 14.8. The van der Waals surface area contributed by atoms with E-state index >= 15 is 0 Å². The summed E-state index contributed by atoms with van der Waals surface area (Å²) in [5.74, 6) is 0.950. The Morgan fingerprint density at radius 2 is 1.95 bits per heavy atom. The molecule has 0 spiro atoms. The predicted molar refractivity (Wildman–Crippen MR) is 90.6 cm³/mol. The largest absolute Gasteiger partial charge is 0.493 e. The zero-order valence-corrected chi connectivity index (χ0v) is 15.0. The minimum Gasteiger partial charge on any atom is -0.493 e. The fraction of sp³-hybridized carbons (Fsp3) is 0.200. The van der Waals surface area contributed by atoms with Crippen molar-refractivity contribution in [3.05, 3.63) is 61.5 Å². The van der Waals surface area contributed by atoms with E-state index in [0.29, 0.717) is 10.0 Å². The molecule has 0 fully saturated rings. The van der Waals surface area contributed by atoms with E-state index in [-0.39, 0.29) is 4.83 Å². The van der Waals surface area contributed by atoms with Gasteiger partial charge in [0.1, 0.15) is 5.75 Å². The highest BCUT2D eigenvalue weighted by atomic mass is 79.9.